The summed E-state index contributed by atoms with van der Waals surface area (Å²) in [5.41, 5.74) is 1.89. The number of hydrogen-bond donors (Lipinski definition) is 2. The number of phenolic OH excluding ortho intramolecular Hbond substituents is 2. The molecule has 0 atom stereocenters. The van der Waals surface area contributed by atoms with E-state index in [1.54, 1.807) is 6.07 Å². The van der Waals surface area contributed by atoms with Gasteiger partial charge in [-0.15, -0.1) is 0 Å². The largest absolute Gasteiger partial charge is 0.508 e. The lowest BCUT2D eigenvalue weighted by molar-refractivity contribution is 0.396. The fourth-order valence-corrected chi connectivity index (χ4v) is 1.68. The molecule has 0 bridgehead atoms. The maximum atomic E-state index is 9.66. The van der Waals surface area contributed by atoms with Crippen LogP contribution in [0.2, 0.25) is 0 Å². The van der Waals surface area contributed by atoms with Crippen molar-refractivity contribution in [2.45, 2.75) is 19.8 Å². The summed E-state index contributed by atoms with van der Waals surface area (Å²) in [6.07, 6.45) is 1.85. The van der Waals surface area contributed by atoms with Gasteiger partial charge >= 0.3 is 0 Å². The van der Waals surface area contributed by atoms with E-state index < -0.39 is 0 Å². The lowest BCUT2D eigenvalue weighted by Gasteiger charge is -2.12. The minimum atomic E-state index is 0.126. The monoisotopic (exact) mass is 209 g/mol. The molecule has 0 spiro atoms. The zero-order chi connectivity index (χ0) is 11.4. The fraction of sp³-hybridized carbons (Fsp3) is 0.500. The summed E-state index contributed by atoms with van der Waals surface area (Å²) < 4.78 is 0. The molecule has 0 unspecified atom stereocenters. The first-order valence-corrected chi connectivity index (χ1v) is 5.17. The van der Waals surface area contributed by atoms with Gasteiger partial charge in [0.05, 0.1) is 0 Å². The highest BCUT2D eigenvalue weighted by Crippen LogP contribution is 2.27. The second-order valence-electron chi connectivity index (χ2n) is 4.17. The van der Waals surface area contributed by atoms with Crippen LogP contribution in [0.3, 0.4) is 0 Å². The molecule has 1 rings (SSSR count). The first-order chi connectivity index (χ1) is 7.00. The maximum Gasteiger partial charge on any atom is 0.122 e. The molecule has 0 aliphatic carbocycles. The zero-order valence-electron chi connectivity index (χ0n) is 9.62. The Bertz CT molecular complexity index is 311. The molecule has 3 heteroatoms. The van der Waals surface area contributed by atoms with Crippen LogP contribution in [-0.2, 0) is 6.42 Å². The van der Waals surface area contributed by atoms with Crippen molar-refractivity contribution in [3.05, 3.63) is 23.3 Å². The van der Waals surface area contributed by atoms with Gasteiger partial charge in [-0.05, 0) is 57.6 Å². The Balaban J connectivity index is 2.68. The van der Waals surface area contributed by atoms with Gasteiger partial charge in [0.25, 0.3) is 0 Å². The lowest BCUT2D eigenvalue weighted by Crippen LogP contribution is -2.13. The smallest absolute Gasteiger partial charge is 0.122 e. The van der Waals surface area contributed by atoms with Crippen LogP contribution in [0, 0.1) is 6.92 Å². The van der Waals surface area contributed by atoms with Crippen LogP contribution in [0.5, 0.6) is 11.5 Å². The van der Waals surface area contributed by atoms with Crippen molar-refractivity contribution < 1.29 is 10.2 Å². The molecule has 0 aliphatic rings. The number of rotatable bonds is 4. The van der Waals surface area contributed by atoms with Gasteiger partial charge in [-0.2, -0.15) is 0 Å². The molecule has 0 aromatic heterocycles. The van der Waals surface area contributed by atoms with Crippen molar-refractivity contribution in [3.8, 4) is 11.5 Å². The fourth-order valence-electron chi connectivity index (χ4n) is 1.68. The number of phenols is 2. The van der Waals surface area contributed by atoms with Crippen molar-refractivity contribution in [1.29, 1.82) is 0 Å². The Morgan fingerprint density at radius 1 is 1.20 bits per heavy atom. The van der Waals surface area contributed by atoms with Gasteiger partial charge in [-0.3, -0.25) is 0 Å². The average Bonchev–Trinajstić information content (AvgIpc) is 2.08. The Kier molecular flexibility index (Phi) is 3.97. The molecule has 84 valence electrons. The minimum Gasteiger partial charge on any atom is -0.508 e. The van der Waals surface area contributed by atoms with Crippen LogP contribution < -0.4 is 0 Å². The number of aryl methyl sites for hydroxylation is 1. The third-order valence-corrected chi connectivity index (χ3v) is 2.47. The summed E-state index contributed by atoms with van der Waals surface area (Å²) in [5.74, 6) is 0.326. The predicted octanol–water partition coefficient (Wildman–Crippen LogP) is 1.90. The van der Waals surface area contributed by atoms with Crippen molar-refractivity contribution in [2.75, 3.05) is 20.6 Å². The predicted molar refractivity (Wildman–Crippen MR) is 61.4 cm³/mol. The van der Waals surface area contributed by atoms with E-state index in [-0.39, 0.29) is 11.5 Å². The van der Waals surface area contributed by atoms with Crippen LogP contribution in [0.25, 0.3) is 0 Å². The van der Waals surface area contributed by atoms with E-state index in [4.69, 9.17) is 0 Å². The maximum absolute atomic E-state index is 9.66. The molecule has 1 aromatic rings. The molecule has 2 N–H and O–H groups in total. The van der Waals surface area contributed by atoms with E-state index in [1.165, 1.54) is 6.07 Å². The number of nitrogens with zero attached hydrogens (tertiary/aromatic N) is 1. The summed E-state index contributed by atoms with van der Waals surface area (Å²) in [7, 11) is 4.06. The molecule has 0 amide bonds. The number of benzene rings is 1. The SMILES string of the molecule is Cc1cc(O)cc(O)c1CCCN(C)C. The van der Waals surface area contributed by atoms with Crippen molar-refractivity contribution in [2.24, 2.45) is 0 Å². The Morgan fingerprint density at radius 3 is 2.40 bits per heavy atom. The van der Waals surface area contributed by atoms with E-state index in [2.05, 4.69) is 4.90 Å². The molecule has 0 radical (unpaired) electrons. The zero-order valence-corrected chi connectivity index (χ0v) is 9.62. The standard InChI is InChI=1S/C12H19NO2/c1-9-7-10(14)8-12(15)11(9)5-4-6-13(2)3/h7-8,14-15H,4-6H2,1-3H3. The van der Waals surface area contributed by atoms with E-state index in [9.17, 15) is 10.2 Å². The van der Waals surface area contributed by atoms with Gasteiger partial charge in [-0.25, -0.2) is 0 Å². The van der Waals surface area contributed by atoms with Gasteiger partial charge in [0, 0.05) is 6.07 Å². The highest BCUT2D eigenvalue weighted by atomic mass is 16.3. The van der Waals surface area contributed by atoms with Crippen LogP contribution >= 0.6 is 0 Å². The van der Waals surface area contributed by atoms with Gasteiger partial charge in [0.2, 0.25) is 0 Å². The summed E-state index contributed by atoms with van der Waals surface area (Å²) in [5, 5.41) is 18.9. The summed E-state index contributed by atoms with van der Waals surface area (Å²) >= 11 is 0. The number of hydrogen-bond acceptors (Lipinski definition) is 3. The van der Waals surface area contributed by atoms with Gasteiger partial charge < -0.3 is 15.1 Å². The Labute approximate surface area is 91.0 Å². The highest BCUT2D eigenvalue weighted by Gasteiger charge is 2.06. The summed E-state index contributed by atoms with van der Waals surface area (Å²) in [4.78, 5) is 2.12. The average molecular weight is 209 g/mol. The molecular weight excluding hydrogens is 190 g/mol. The molecule has 0 saturated carbocycles. The number of aromatic hydroxyl groups is 2. The first kappa shape index (κ1) is 11.9. The van der Waals surface area contributed by atoms with Crippen LogP contribution in [0.15, 0.2) is 12.1 Å². The second kappa shape index (κ2) is 5.03. The first-order valence-electron chi connectivity index (χ1n) is 5.17. The Morgan fingerprint density at radius 2 is 1.87 bits per heavy atom. The molecule has 0 fully saturated rings. The summed E-state index contributed by atoms with van der Waals surface area (Å²) in [6, 6.07) is 3.09. The van der Waals surface area contributed by atoms with Gasteiger partial charge in [-0.1, -0.05) is 0 Å². The van der Waals surface area contributed by atoms with E-state index in [0.29, 0.717) is 0 Å². The molecule has 15 heavy (non-hydrogen) atoms. The molecular formula is C12H19NO2. The quantitative estimate of drug-likeness (QED) is 0.796. The third-order valence-electron chi connectivity index (χ3n) is 2.47. The lowest BCUT2D eigenvalue weighted by atomic mass is 10.0. The molecule has 0 aliphatic heterocycles. The van der Waals surface area contributed by atoms with E-state index in [0.717, 1.165) is 30.5 Å². The second-order valence-corrected chi connectivity index (χ2v) is 4.17. The third kappa shape index (κ3) is 3.44. The van der Waals surface area contributed by atoms with Gasteiger partial charge in [0.15, 0.2) is 0 Å². The Hall–Kier alpha value is -1.22. The van der Waals surface area contributed by atoms with Gasteiger partial charge in [0.1, 0.15) is 11.5 Å². The normalized spacial score (nSPS) is 10.9. The molecule has 3 nitrogen and oxygen atoms in total. The van der Waals surface area contributed by atoms with Crippen LogP contribution in [0.4, 0.5) is 0 Å². The highest BCUT2D eigenvalue weighted by molar-refractivity contribution is 5.44. The topological polar surface area (TPSA) is 43.7 Å². The van der Waals surface area contributed by atoms with E-state index >= 15 is 0 Å². The molecule has 0 heterocycles. The summed E-state index contributed by atoms with van der Waals surface area (Å²) in [6.45, 7) is 2.91. The minimum absolute atomic E-state index is 0.126. The van der Waals surface area contributed by atoms with Crippen molar-refractivity contribution >= 4 is 0 Å². The van der Waals surface area contributed by atoms with Crippen LogP contribution in [0.1, 0.15) is 17.5 Å². The van der Waals surface area contributed by atoms with E-state index in [1.807, 2.05) is 21.0 Å². The van der Waals surface area contributed by atoms with Crippen molar-refractivity contribution in [3.63, 3.8) is 0 Å². The van der Waals surface area contributed by atoms with Crippen molar-refractivity contribution in [1.82, 2.24) is 4.90 Å². The molecule has 0 saturated heterocycles. The van der Waals surface area contributed by atoms with Crippen LogP contribution in [-0.4, -0.2) is 35.8 Å². The molecule has 1 aromatic carbocycles.